The van der Waals surface area contributed by atoms with Crippen LogP contribution in [-0.2, 0) is 10.8 Å². The topological polar surface area (TPSA) is 82.5 Å². The monoisotopic (exact) mass is 306 g/mol. The Morgan fingerprint density at radius 2 is 1.57 bits per heavy atom. The van der Waals surface area contributed by atoms with Gasteiger partial charge in [0.05, 0.1) is 35.5 Å². The van der Waals surface area contributed by atoms with Crippen molar-refractivity contribution in [3.63, 3.8) is 0 Å². The maximum atomic E-state index is 11.2. The van der Waals surface area contributed by atoms with E-state index in [0.717, 1.165) is 17.4 Å². The zero-order valence-corrected chi connectivity index (χ0v) is 13.7. The van der Waals surface area contributed by atoms with Crippen LogP contribution in [-0.4, -0.2) is 15.8 Å². The van der Waals surface area contributed by atoms with Crippen LogP contribution >= 0.6 is 0 Å². The Kier molecular flexibility index (Phi) is 4.08. The standard InChI is InChI=1S/C18H18N4O/c1-17(2,10-19)13-5-14(18(3,4)11-20)7-15(6-13)22-12-21-8-16(22)9-23/h5-9,12H,1-4H3. The van der Waals surface area contributed by atoms with Gasteiger partial charge in [-0.1, -0.05) is 6.07 Å². The molecule has 0 spiro atoms. The van der Waals surface area contributed by atoms with Crippen molar-refractivity contribution in [3.05, 3.63) is 47.5 Å². The number of nitrogens with zero attached hydrogens (tertiary/aromatic N) is 4. The van der Waals surface area contributed by atoms with Crippen LogP contribution in [0.25, 0.3) is 5.69 Å². The smallest absolute Gasteiger partial charge is 0.168 e. The van der Waals surface area contributed by atoms with E-state index in [1.165, 1.54) is 6.20 Å². The van der Waals surface area contributed by atoms with Gasteiger partial charge in [0.2, 0.25) is 0 Å². The van der Waals surface area contributed by atoms with Gasteiger partial charge < -0.3 is 0 Å². The average Bonchev–Trinajstić information content (AvgIpc) is 3.03. The molecule has 0 amide bonds. The zero-order valence-electron chi connectivity index (χ0n) is 13.7. The van der Waals surface area contributed by atoms with E-state index in [1.807, 2.05) is 45.9 Å². The van der Waals surface area contributed by atoms with Gasteiger partial charge in [-0.15, -0.1) is 0 Å². The summed E-state index contributed by atoms with van der Waals surface area (Å²) in [5, 5.41) is 18.9. The Bertz CT molecular complexity index is 787. The molecule has 2 aromatic rings. The van der Waals surface area contributed by atoms with Crippen LogP contribution in [0.4, 0.5) is 0 Å². The highest BCUT2D eigenvalue weighted by Gasteiger charge is 2.26. The van der Waals surface area contributed by atoms with E-state index in [1.54, 1.807) is 10.9 Å². The lowest BCUT2D eigenvalue weighted by atomic mass is 9.80. The SMILES string of the molecule is CC(C)(C#N)c1cc(-n2cncc2C=O)cc(C(C)(C)C#N)c1. The van der Waals surface area contributed by atoms with Crippen LogP contribution in [0, 0.1) is 22.7 Å². The summed E-state index contributed by atoms with van der Waals surface area (Å²) in [7, 11) is 0. The van der Waals surface area contributed by atoms with E-state index in [-0.39, 0.29) is 0 Å². The van der Waals surface area contributed by atoms with Crippen LogP contribution in [0.1, 0.15) is 49.3 Å². The molecule has 0 radical (unpaired) electrons. The number of hydrogen-bond acceptors (Lipinski definition) is 4. The predicted octanol–water partition coefficient (Wildman–Crippen LogP) is 3.29. The number of benzene rings is 1. The number of aromatic nitrogens is 2. The Balaban J connectivity index is 2.76. The summed E-state index contributed by atoms with van der Waals surface area (Å²) >= 11 is 0. The van der Waals surface area contributed by atoms with Crippen molar-refractivity contribution in [3.8, 4) is 17.8 Å². The molecule has 1 aromatic heterocycles. The summed E-state index contributed by atoms with van der Waals surface area (Å²) in [6.45, 7) is 7.29. The molecule has 116 valence electrons. The molecule has 0 atom stereocenters. The van der Waals surface area contributed by atoms with E-state index in [2.05, 4.69) is 17.1 Å². The lowest BCUT2D eigenvalue weighted by molar-refractivity contribution is 0.111. The number of carbonyl (C=O) groups is 1. The van der Waals surface area contributed by atoms with Gasteiger partial charge in [-0.05, 0) is 51.0 Å². The van der Waals surface area contributed by atoms with Crippen molar-refractivity contribution in [1.29, 1.82) is 10.5 Å². The second-order valence-electron chi connectivity index (χ2n) is 6.55. The third kappa shape index (κ3) is 3.00. The highest BCUT2D eigenvalue weighted by atomic mass is 16.1. The Hall–Kier alpha value is -2.92. The van der Waals surface area contributed by atoms with Crippen LogP contribution < -0.4 is 0 Å². The minimum absolute atomic E-state index is 0.414. The zero-order chi connectivity index (χ0) is 17.3. The fraction of sp³-hybridized carbons (Fsp3) is 0.333. The fourth-order valence-electron chi connectivity index (χ4n) is 2.21. The van der Waals surface area contributed by atoms with Crippen LogP contribution in [0.15, 0.2) is 30.7 Å². The summed E-state index contributed by atoms with van der Waals surface area (Å²) in [6, 6.07) is 10.2. The molecule has 0 unspecified atom stereocenters. The van der Waals surface area contributed by atoms with E-state index in [9.17, 15) is 15.3 Å². The van der Waals surface area contributed by atoms with E-state index >= 15 is 0 Å². The Labute approximate surface area is 135 Å². The summed E-state index contributed by atoms with van der Waals surface area (Å²) in [4.78, 5) is 15.2. The van der Waals surface area contributed by atoms with Gasteiger partial charge in [-0.3, -0.25) is 9.36 Å². The largest absolute Gasteiger partial charge is 0.296 e. The fourth-order valence-corrected chi connectivity index (χ4v) is 2.21. The van der Waals surface area contributed by atoms with Crippen LogP contribution in [0.2, 0.25) is 0 Å². The molecule has 0 fully saturated rings. The normalized spacial score (nSPS) is 11.6. The van der Waals surface area contributed by atoms with Crippen molar-refractivity contribution in [2.24, 2.45) is 0 Å². The molecule has 1 aromatic carbocycles. The minimum atomic E-state index is -0.710. The molecule has 5 heteroatoms. The number of carbonyl (C=O) groups excluding carboxylic acids is 1. The Morgan fingerprint density at radius 1 is 1.04 bits per heavy atom. The molecule has 0 bridgehead atoms. The molecule has 0 aliphatic rings. The van der Waals surface area contributed by atoms with E-state index < -0.39 is 10.8 Å². The van der Waals surface area contributed by atoms with Gasteiger partial charge in [-0.25, -0.2) is 4.98 Å². The third-order valence-corrected chi connectivity index (χ3v) is 3.99. The average molecular weight is 306 g/mol. The van der Waals surface area contributed by atoms with Gasteiger partial charge >= 0.3 is 0 Å². The van der Waals surface area contributed by atoms with Gasteiger partial charge in [0.1, 0.15) is 5.69 Å². The first kappa shape index (κ1) is 16.5. The van der Waals surface area contributed by atoms with Crippen LogP contribution in [0.3, 0.4) is 0 Å². The van der Waals surface area contributed by atoms with Gasteiger partial charge in [-0.2, -0.15) is 10.5 Å². The molecular formula is C18H18N4O. The van der Waals surface area contributed by atoms with Crippen molar-refractivity contribution in [1.82, 2.24) is 9.55 Å². The number of hydrogen-bond donors (Lipinski definition) is 0. The second-order valence-corrected chi connectivity index (χ2v) is 6.55. The molecule has 0 aliphatic heterocycles. The summed E-state index contributed by atoms with van der Waals surface area (Å²) in [5.74, 6) is 0. The van der Waals surface area contributed by atoms with Crippen molar-refractivity contribution in [2.45, 2.75) is 38.5 Å². The molecule has 0 saturated carbocycles. The first-order chi connectivity index (χ1) is 10.7. The molecule has 1 heterocycles. The highest BCUT2D eigenvalue weighted by molar-refractivity contribution is 5.73. The molecule has 0 aliphatic carbocycles. The number of aldehydes is 1. The van der Waals surface area contributed by atoms with Gasteiger partial charge in [0.25, 0.3) is 0 Å². The summed E-state index contributed by atoms with van der Waals surface area (Å²) in [5.41, 5.74) is 1.29. The number of nitriles is 2. The first-order valence-electron chi connectivity index (χ1n) is 7.21. The lowest BCUT2D eigenvalue weighted by Crippen LogP contribution is -2.19. The maximum Gasteiger partial charge on any atom is 0.168 e. The quantitative estimate of drug-likeness (QED) is 0.811. The lowest BCUT2D eigenvalue weighted by Gasteiger charge is -2.23. The number of imidazole rings is 1. The van der Waals surface area contributed by atoms with Crippen molar-refractivity contribution >= 4 is 6.29 Å². The molecule has 2 rings (SSSR count). The molecule has 0 saturated heterocycles. The van der Waals surface area contributed by atoms with Gasteiger partial charge in [0, 0.05) is 5.69 Å². The first-order valence-corrected chi connectivity index (χ1v) is 7.21. The van der Waals surface area contributed by atoms with E-state index in [0.29, 0.717) is 11.4 Å². The molecular weight excluding hydrogens is 288 g/mol. The third-order valence-electron chi connectivity index (χ3n) is 3.99. The maximum absolute atomic E-state index is 11.2. The van der Waals surface area contributed by atoms with Crippen LogP contribution in [0.5, 0.6) is 0 Å². The van der Waals surface area contributed by atoms with E-state index in [4.69, 9.17) is 0 Å². The summed E-state index contributed by atoms with van der Waals surface area (Å²) < 4.78 is 1.65. The minimum Gasteiger partial charge on any atom is -0.296 e. The van der Waals surface area contributed by atoms with Gasteiger partial charge in [0.15, 0.2) is 6.29 Å². The second kappa shape index (κ2) is 5.70. The Morgan fingerprint density at radius 3 is 2.00 bits per heavy atom. The molecule has 23 heavy (non-hydrogen) atoms. The summed E-state index contributed by atoms with van der Waals surface area (Å²) in [6.07, 6.45) is 3.75. The molecule has 5 nitrogen and oxygen atoms in total. The predicted molar refractivity (Wildman–Crippen MR) is 86.2 cm³/mol. The molecule has 0 N–H and O–H groups in total. The highest BCUT2D eigenvalue weighted by Crippen LogP contribution is 2.31. The van der Waals surface area contributed by atoms with Crippen molar-refractivity contribution < 1.29 is 4.79 Å². The van der Waals surface area contributed by atoms with Crippen molar-refractivity contribution in [2.75, 3.05) is 0 Å². The number of rotatable bonds is 4.